The summed E-state index contributed by atoms with van der Waals surface area (Å²) in [5.41, 5.74) is 0.223. The topological polar surface area (TPSA) is 21.3 Å². The predicted molar refractivity (Wildman–Crippen MR) is 65.1 cm³/mol. The Labute approximate surface area is 94.8 Å². The fourth-order valence-corrected chi connectivity index (χ4v) is 2.27. The van der Waals surface area contributed by atoms with Gasteiger partial charge >= 0.3 is 0 Å². The molecule has 0 aliphatic carbocycles. The minimum atomic E-state index is 0.223. The predicted octanol–water partition coefficient (Wildman–Crippen LogP) is 2.97. The molecular weight excluding hydrogens is 186 g/mol. The summed E-state index contributed by atoms with van der Waals surface area (Å²) in [4.78, 5) is 0. The van der Waals surface area contributed by atoms with Crippen LogP contribution in [0.4, 0.5) is 0 Å². The van der Waals surface area contributed by atoms with Gasteiger partial charge in [-0.15, -0.1) is 0 Å². The molecule has 0 bridgehead atoms. The van der Waals surface area contributed by atoms with Crippen molar-refractivity contribution in [3.8, 4) is 0 Å². The first-order valence-corrected chi connectivity index (χ1v) is 6.43. The molecule has 15 heavy (non-hydrogen) atoms. The van der Waals surface area contributed by atoms with Crippen LogP contribution in [0.15, 0.2) is 0 Å². The summed E-state index contributed by atoms with van der Waals surface area (Å²) < 4.78 is 5.84. The van der Waals surface area contributed by atoms with Crippen molar-refractivity contribution in [1.29, 1.82) is 0 Å². The van der Waals surface area contributed by atoms with E-state index in [1.807, 2.05) is 0 Å². The third kappa shape index (κ3) is 3.76. The molecule has 2 heteroatoms. The van der Waals surface area contributed by atoms with Crippen LogP contribution in [-0.2, 0) is 4.74 Å². The van der Waals surface area contributed by atoms with Crippen LogP contribution in [0.5, 0.6) is 0 Å². The molecule has 1 rings (SSSR count). The maximum absolute atomic E-state index is 5.84. The molecule has 0 amide bonds. The number of nitrogens with one attached hydrogen (secondary N) is 1. The molecule has 2 nitrogen and oxygen atoms in total. The van der Waals surface area contributed by atoms with E-state index in [2.05, 4.69) is 33.0 Å². The quantitative estimate of drug-likeness (QED) is 0.775. The molecule has 0 aromatic heterocycles. The first kappa shape index (κ1) is 13.0. The molecular formula is C13H27NO. The van der Waals surface area contributed by atoms with Gasteiger partial charge in [0.25, 0.3) is 0 Å². The second kappa shape index (κ2) is 5.86. The summed E-state index contributed by atoms with van der Waals surface area (Å²) in [6.07, 6.45) is 5.62. The van der Waals surface area contributed by atoms with Gasteiger partial charge in [0.05, 0.1) is 12.7 Å². The highest BCUT2D eigenvalue weighted by Gasteiger charge is 2.34. The van der Waals surface area contributed by atoms with E-state index >= 15 is 0 Å². The van der Waals surface area contributed by atoms with Crippen LogP contribution in [-0.4, -0.2) is 24.8 Å². The molecule has 1 aliphatic heterocycles. The highest BCUT2D eigenvalue weighted by atomic mass is 16.5. The van der Waals surface area contributed by atoms with Crippen LogP contribution >= 0.6 is 0 Å². The lowest BCUT2D eigenvalue weighted by molar-refractivity contribution is 0.00828. The second-order valence-electron chi connectivity index (χ2n) is 5.41. The van der Waals surface area contributed by atoms with Gasteiger partial charge in [-0.25, -0.2) is 0 Å². The monoisotopic (exact) mass is 213 g/mol. The summed E-state index contributed by atoms with van der Waals surface area (Å²) in [6.45, 7) is 10.9. The Kier molecular flexibility index (Phi) is 5.07. The molecule has 1 heterocycles. The molecule has 1 saturated heterocycles. The summed E-state index contributed by atoms with van der Waals surface area (Å²) in [5, 5.41) is 3.72. The zero-order valence-corrected chi connectivity index (χ0v) is 10.8. The molecule has 1 atom stereocenters. The Morgan fingerprint density at radius 1 is 1.13 bits per heavy atom. The molecule has 1 N–H and O–H groups in total. The van der Waals surface area contributed by atoms with Crippen LogP contribution in [0.25, 0.3) is 0 Å². The van der Waals surface area contributed by atoms with Crippen LogP contribution in [0.1, 0.15) is 53.4 Å². The highest BCUT2D eigenvalue weighted by molar-refractivity contribution is 4.92. The third-order valence-electron chi connectivity index (χ3n) is 3.56. The smallest absolute Gasteiger partial charge is 0.0654 e. The summed E-state index contributed by atoms with van der Waals surface area (Å²) in [5.74, 6) is 0.648. The van der Waals surface area contributed by atoms with Crippen molar-refractivity contribution in [1.82, 2.24) is 5.32 Å². The maximum atomic E-state index is 5.84. The van der Waals surface area contributed by atoms with Gasteiger partial charge in [-0.2, -0.15) is 0 Å². The van der Waals surface area contributed by atoms with E-state index in [0.29, 0.717) is 12.0 Å². The maximum Gasteiger partial charge on any atom is 0.0654 e. The first-order valence-electron chi connectivity index (χ1n) is 6.43. The number of hydrogen-bond donors (Lipinski definition) is 1. The van der Waals surface area contributed by atoms with E-state index in [1.54, 1.807) is 0 Å². The highest BCUT2D eigenvalue weighted by Crippen LogP contribution is 2.27. The van der Waals surface area contributed by atoms with E-state index in [-0.39, 0.29) is 5.54 Å². The Hall–Kier alpha value is -0.0800. The summed E-state index contributed by atoms with van der Waals surface area (Å²) in [7, 11) is 0. The van der Waals surface area contributed by atoms with Crippen molar-refractivity contribution in [3.05, 3.63) is 0 Å². The van der Waals surface area contributed by atoms with Gasteiger partial charge in [0.15, 0.2) is 0 Å². The zero-order valence-electron chi connectivity index (χ0n) is 10.8. The fraction of sp³-hybridized carbons (Fsp3) is 1.00. The van der Waals surface area contributed by atoms with E-state index in [4.69, 9.17) is 4.74 Å². The standard InChI is InChI=1S/C13H27NO/c1-11(2)13(10-15-12(3)4)8-6-5-7-9-14-13/h11-12,14H,5-10H2,1-4H3. The molecule has 0 radical (unpaired) electrons. The van der Waals surface area contributed by atoms with E-state index < -0.39 is 0 Å². The van der Waals surface area contributed by atoms with E-state index in [0.717, 1.165) is 13.2 Å². The van der Waals surface area contributed by atoms with Crippen molar-refractivity contribution in [2.24, 2.45) is 5.92 Å². The van der Waals surface area contributed by atoms with Gasteiger partial charge in [-0.1, -0.05) is 26.7 Å². The van der Waals surface area contributed by atoms with Gasteiger partial charge in [0.1, 0.15) is 0 Å². The lowest BCUT2D eigenvalue weighted by atomic mass is 9.83. The molecule has 0 aromatic rings. The molecule has 1 unspecified atom stereocenters. The Morgan fingerprint density at radius 2 is 1.87 bits per heavy atom. The van der Waals surface area contributed by atoms with Crippen molar-refractivity contribution in [3.63, 3.8) is 0 Å². The van der Waals surface area contributed by atoms with Crippen molar-refractivity contribution in [2.75, 3.05) is 13.2 Å². The van der Waals surface area contributed by atoms with Crippen molar-refractivity contribution < 1.29 is 4.74 Å². The number of rotatable bonds is 4. The Balaban J connectivity index is 2.58. The first-order chi connectivity index (χ1) is 7.07. The minimum Gasteiger partial charge on any atom is -0.377 e. The molecule has 0 spiro atoms. The summed E-state index contributed by atoms with van der Waals surface area (Å²) >= 11 is 0. The third-order valence-corrected chi connectivity index (χ3v) is 3.56. The van der Waals surface area contributed by atoms with Gasteiger partial charge in [0.2, 0.25) is 0 Å². The van der Waals surface area contributed by atoms with E-state index in [9.17, 15) is 0 Å². The molecule has 0 aromatic carbocycles. The largest absolute Gasteiger partial charge is 0.377 e. The zero-order chi connectivity index (χ0) is 11.3. The normalized spacial score (nSPS) is 28.4. The Bertz CT molecular complexity index is 169. The van der Waals surface area contributed by atoms with Crippen LogP contribution in [0.2, 0.25) is 0 Å². The number of hydrogen-bond acceptors (Lipinski definition) is 2. The van der Waals surface area contributed by atoms with Crippen molar-refractivity contribution in [2.45, 2.75) is 65.0 Å². The molecule has 1 fully saturated rings. The van der Waals surface area contributed by atoms with Gasteiger partial charge < -0.3 is 10.1 Å². The second-order valence-corrected chi connectivity index (χ2v) is 5.41. The lowest BCUT2D eigenvalue weighted by Crippen LogP contribution is -2.53. The minimum absolute atomic E-state index is 0.223. The van der Waals surface area contributed by atoms with Gasteiger partial charge in [-0.05, 0) is 39.2 Å². The van der Waals surface area contributed by atoms with Crippen LogP contribution in [0, 0.1) is 5.92 Å². The number of ether oxygens (including phenoxy) is 1. The SMILES string of the molecule is CC(C)OCC1(C(C)C)CCCCCN1. The van der Waals surface area contributed by atoms with E-state index in [1.165, 1.54) is 25.7 Å². The van der Waals surface area contributed by atoms with Crippen LogP contribution in [0.3, 0.4) is 0 Å². The average Bonchev–Trinajstić information content (AvgIpc) is 2.40. The fourth-order valence-electron chi connectivity index (χ4n) is 2.27. The Morgan fingerprint density at radius 3 is 2.47 bits per heavy atom. The van der Waals surface area contributed by atoms with Crippen molar-refractivity contribution >= 4 is 0 Å². The molecule has 0 saturated carbocycles. The molecule has 1 aliphatic rings. The molecule has 90 valence electrons. The summed E-state index contributed by atoms with van der Waals surface area (Å²) in [6, 6.07) is 0. The van der Waals surface area contributed by atoms with Crippen LogP contribution < -0.4 is 5.32 Å². The van der Waals surface area contributed by atoms with Gasteiger partial charge in [0, 0.05) is 5.54 Å². The van der Waals surface area contributed by atoms with Gasteiger partial charge in [-0.3, -0.25) is 0 Å². The average molecular weight is 213 g/mol. The lowest BCUT2D eigenvalue weighted by Gasteiger charge is -2.38.